The second-order valence-corrected chi connectivity index (χ2v) is 2.93. The SMILES string of the molecule is O=C(OCCl)OCc1ccc([N+](=O)[O-])cc1. The molecule has 7 heteroatoms. The Hall–Kier alpha value is -1.82. The lowest BCUT2D eigenvalue weighted by atomic mass is 10.2. The Kier molecular flexibility index (Phi) is 4.53. The van der Waals surface area contributed by atoms with E-state index in [-0.39, 0.29) is 18.4 Å². The van der Waals surface area contributed by atoms with Gasteiger partial charge in [0.25, 0.3) is 5.69 Å². The highest BCUT2D eigenvalue weighted by Crippen LogP contribution is 2.12. The number of carbonyl (C=O) groups excluding carboxylic acids is 1. The first-order valence-corrected chi connectivity index (χ1v) is 4.76. The van der Waals surface area contributed by atoms with Crippen molar-refractivity contribution in [1.82, 2.24) is 0 Å². The maximum atomic E-state index is 10.8. The molecule has 1 aromatic rings. The van der Waals surface area contributed by atoms with Gasteiger partial charge in [-0.1, -0.05) is 11.6 Å². The van der Waals surface area contributed by atoms with Crippen LogP contribution in [0.15, 0.2) is 24.3 Å². The number of benzene rings is 1. The minimum atomic E-state index is -0.881. The number of rotatable bonds is 4. The number of carbonyl (C=O) groups is 1. The maximum Gasteiger partial charge on any atom is 0.509 e. The van der Waals surface area contributed by atoms with Crippen molar-refractivity contribution in [2.75, 3.05) is 6.07 Å². The van der Waals surface area contributed by atoms with Crippen molar-refractivity contribution in [3.05, 3.63) is 39.9 Å². The first kappa shape index (κ1) is 12.3. The summed E-state index contributed by atoms with van der Waals surface area (Å²) in [5.74, 6) is 0. The molecule has 0 saturated heterocycles. The molecular formula is C9H8ClNO5. The molecule has 0 heterocycles. The number of nitro benzene ring substituents is 1. The molecule has 0 atom stereocenters. The zero-order valence-corrected chi connectivity index (χ0v) is 8.85. The highest BCUT2D eigenvalue weighted by molar-refractivity contribution is 6.17. The summed E-state index contributed by atoms with van der Waals surface area (Å²) in [6, 6.07) is 5.36. The molecule has 1 aromatic carbocycles. The predicted octanol–water partition coefficient (Wildman–Crippen LogP) is 2.44. The second-order valence-electron chi connectivity index (χ2n) is 2.72. The molecule has 6 nitrogen and oxygen atoms in total. The van der Waals surface area contributed by atoms with Crippen molar-refractivity contribution in [3.8, 4) is 0 Å². The van der Waals surface area contributed by atoms with Crippen LogP contribution >= 0.6 is 11.6 Å². The van der Waals surface area contributed by atoms with E-state index in [1.54, 1.807) is 0 Å². The van der Waals surface area contributed by atoms with E-state index in [0.29, 0.717) is 5.56 Å². The van der Waals surface area contributed by atoms with E-state index in [1.165, 1.54) is 24.3 Å². The molecule has 16 heavy (non-hydrogen) atoms. The van der Waals surface area contributed by atoms with Gasteiger partial charge in [-0.2, -0.15) is 0 Å². The summed E-state index contributed by atoms with van der Waals surface area (Å²) < 4.78 is 8.97. The first-order valence-electron chi connectivity index (χ1n) is 4.22. The molecule has 1 rings (SSSR count). The molecule has 0 aromatic heterocycles. The molecular weight excluding hydrogens is 238 g/mol. The van der Waals surface area contributed by atoms with Gasteiger partial charge in [0.2, 0.25) is 0 Å². The summed E-state index contributed by atoms with van der Waals surface area (Å²) in [4.78, 5) is 20.6. The lowest BCUT2D eigenvalue weighted by molar-refractivity contribution is -0.384. The summed E-state index contributed by atoms with van der Waals surface area (Å²) >= 11 is 5.14. The fourth-order valence-electron chi connectivity index (χ4n) is 0.942. The van der Waals surface area contributed by atoms with E-state index in [4.69, 9.17) is 11.6 Å². The first-order chi connectivity index (χ1) is 7.63. The standard InChI is InChI=1S/C9H8ClNO5/c10-6-16-9(12)15-5-7-1-3-8(4-2-7)11(13)14/h1-4H,5-6H2. The largest absolute Gasteiger partial charge is 0.509 e. The predicted molar refractivity (Wildman–Crippen MR) is 55.1 cm³/mol. The van der Waals surface area contributed by atoms with Crippen LogP contribution in [0.2, 0.25) is 0 Å². The molecule has 0 aliphatic carbocycles. The quantitative estimate of drug-likeness (QED) is 0.352. The molecule has 0 unspecified atom stereocenters. The number of nitro groups is 1. The third-order valence-electron chi connectivity index (χ3n) is 1.68. The Bertz CT molecular complexity index is 378. The lowest BCUT2D eigenvalue weighted by Gasteiger charge is -2.03. The van der Waals surface area contributed by atoms with Gasteiger partial charge in [0.1, 0.15) is 6.61 Å². The number of non-ortho nitro benzene ring substituents is 1. The fraction of sp³-hybridized carbons (Fsp3) is 0.222. The van der Waals surface area contributed by atoms with Gasteiger partial charge in [-0.3, -0.25) is 10.1 Å². The van der Waals surface area contributed by atoms with Crippen LogP contribution in [-0.4, -0.2) is 17.1 Å². The monoisotopic (exact) mass is 245 g/mol. The summed E-state index contributed by atoms with van der Waals surface area (Å²) in [6.07, 6.45) is -0.881. The van der Waals surface area contributed by atoms with Gasteiger partial charge < -0.3 is 9.47 Å². The molecule has 0 saturated carbocycles. The Labute approximate surface area is 95.9 Å². The number of hydrogen-bond acceptors (Lipinski definition) is 5. The van der Waals surface area contributed by atoms with Crippen LogP contribution in [0.5, 0.6) is 0 Å². The number of alkyl halides is 1. The van der Waals surface area contributed by atoms with Crippen LogP contribution in [0.4, 0.5) is 10.5 Å². The van der Waals surface area contributed by atoms with Gasteiger partial charge in [0.05, 0.1) is 4.92 Å². The van der Waals surface area contributed by atoms with Crippen LogP contribution in [0.25, 0.3) is 0 Å². The van der Waals surface area contributed by atoms with Gasteiger partial charge in [-0.05, 0) is 17.7 Å². The van der Waals surface area contributed by atoms with E-state index < -0.39 is 11.1 Å². The molecule has 0 radical (unpaired) electrons. The smallest absolute Gasteiger partial charge is 0.429 e. The third-order valence-corrected chi connectivity index (χ3v) is 1.79. The van der Waals surface area contributed by atoms with Crippen LogP contribution in [0.3, 0.4) is 0 Å². The Morgan fingerprint density at radius 3 is 2.44 bits per heavy atom. The average Bonchev–Trinajstić information content (AvgIpc) is 2.27. The average molecular weight is 246 g/mol. The summed E-state index contributed by atoms with van der Waals surface area (Å²) in [5.41, 5.74) is 0.601. The van der Waals surface area contributed by atoms with Gasteiger partial charge in [0, 0.05) is 12.1 Å². The molecule has 0 amide bonds. The van der Waals surface area contributed by atoms with Gasteiger partial charge in [-0.15, -0.1) is 0 Å². The van der Waals surface area contributed by atoms with E-state index in [0.717, 1.165) is 0 Å². The molecule has 0 aliphatic heterocycles. The van der Waals surface area contributed by atoms with Crippen molar-refractivity contribution in [2.24, 2.45) is 0 Å². The molecule has 0 N–H and O–H groups in total. The van der Waals surface area contributed by atoms with Gasteiger partial charge in [0.15, 0.2) is 6.07 Å². The van der Waals surface area contributed by atoms with Crippen molar-refractivity contribution in [3.63, 3.8) is 0 Å². The lowest BCUT2D eigenvalue weighted by Crippen LogP contribution is -2.06. The Morgan fingerprint density at radius 1 is 1.31 bits per heavy atom. The van der Waals surface area contributed by atoms with Crippen LogP contribution in [0.1, 0.15) is 5.56 Å². The fourth-order valence-corrected chi connectivity index (χ4v) is 1.03. The topological polar surface area (TPSA) is 78.7 Å². The second kappa shape index (κ2) is 5.92. The number of halogens is 1. The van der Waals surface area contributed by atoms with E-state index >= 15 is 0 Å². The maximum absolute atomic E-state index is 10.8. The van der Waals surface area contributed by atoms with Crippen molar-refractivity contribution in [1.29, 1.82) is 0 Å². The summed E-state index contributed by atoms with van der Waals surface area (Å²) in [6.45, 7) is -0.0201. The molecule has 86 valence electrons. The minimum Gasteiger partial charge on any atom is -0.429 e. The zero-order valence-electron chi connectivity index (χ0n) is 8.09. The summed E-state index contributed by atoms with van der Waals surface area (Å²) in [5, 5.41) is 10.3. The van der Waals surface area contributed by atoms with E-state index in [9.17, 15) is 14.9 Å². The number of ether oxygens (including phenoxy) is 2. The Morgan fingerprint density at radius 2 is 1.94 bits per heavy atom. The van der Waals surface area contributed by atoms with Crippen molar-refractivity contribution >= 4 is 23.4 Å². The molecule has 0 fully saturated rings. The normalized spacial score (nSPS) is 9.56. The molecule has 0 bridgehead atoms. The molecule has 0 spiro atoms. The van der Waals surface area contributed by atoms with Crippen LogP contribution in [0, 0.1) is 10.1 Å². The third kappa shape index (κ3) is 3.74. The van der Waals surface area contributed by atoms with Gasteiger partial charge >= 0.3 is 6.16 Å². The molecule has 0 aliphatic rings. The van der Waals surface area contributed by atoms with E-state index in [1.807, 2.05) is 0 Å². The minimum absolute atomic E-state index is 0.0201. The Balaban J connectivity index is 2.49. The number of nitrogens with zero attached hydrogens (tertiary/aromatic N) is 1. The highest BCUT2D eigenvalue weighted by atomic mass is 35.5. The van der Waals surface area contributed by atoms with Crippen molar-refractivity contribution in [2.45, 2.75) is 6.61 Å². The van der Waals surface area contributed by atoms with Crippen LogP contribution in [-0.2, 0) is 16.1 Å². The number of hydrogen-bond donors (Lipinski definition) is 0. The van der Waals surface area contributed by atoms with Crippen molar-refractivity contribution < 1.29 is 19.2 Å². The summed E-state index contributed by atoms with van der Waals surface area (Å²) in [7, 11) is 0. The van der Waals surface area contributed by atoms with Crippen LogP contribution < -0.4 is 0 Å². The van der Waals surface area contributed by atoms with E-state index in [2.05, 4.69) is 9.47 Å². The zero-order chi connectivity index (χ0) is 12.0. The highest BCUT2D eigenvalue weighted by Gasteiger charge is 2.06. The van der Waals surface area contributed by atoms with Gasteiger partial charge in [-0.25, -0.2) is 4.79 Å².